The van der Waals surface area contributed by atoms with Crippen molar-refractivity contribution in [2.45, 2.75) is 12.3 Å². The summed E-state index contributed by atoms with van der Waals surface area (Å²) in [5.41, 5.74) is 14.4. The lowest BCUT2D eigenvalue weighted by molar-refractivity contribution is 0.342. The van der Waals surface area contributed by atoms with E-state index in [0.29, 0.717) is 0 Å². The molecule has 0 radical (unpaired) electrons. The van der Waals surface area contributed by atoms with Crippen molar-refractivity contribution < 1.29 is 0 Å². The van der Waals surface area contributed by atoms with Crippen LogP contribution in [0.4, 0.5) is 0 Å². The molecular formula is C52H38N4. The van der Waals surface area contributed by atoms with Crippen molar-refractivity contribution >= 4 is 43.6 Å². The molecule has 3 heterocycles. The second-order valence-electron chi connectivity index (χ2n) is 14.7. The maximum atomic E-state index is 3.98. The van der Waals surface area contributed by atoms with Crippen LogP contribution in [-0.2, 0) is 0 Å². The van der Waals surface area contributed by atoms with E-state index in [0.717, 1.165) is 0 Å². The van der Waals surface area contributed by atoms with Gasteiger partial charge in [-0.05, 0) is 118 Å². The Hall–Kier alpha value is -7.14. The zero-order valence-corrected chi connectivity index (χ0v) is 30.7. The van der Waals surface area contributed by atoms with Gasteiger partial charge in [0.15, 0.2) is 6.29 Å². The molecule has 0 fully saturated rings. The van der Waals surface area contributed by atoms with Gasteiger partial charge >= 0.3 is 0 Å². The molecule has 8 aromatic carbocycles. The van der Waals surface area contributed by atoms with Crippen molar-refractivity contribution in [1.82, 2.24) is 19.8 Å². The summed E-state index contributed by atoms with van der Waals surface area (Å²) in [6.07, 6.45) is 4.17. The fraction of sp³-hybridized carbons (Fsp3) is 0.0385. The van der Waals surface area contributed by atoms with E-state index >= 15 is 0 Å². The van der Waals surface area contributed by atoms with Crippen LogP contribution in [0.3, 0.4) is 0 Å². The van der Waals surface area contributed by atoms with Crippen LogP contribution in [0.5, 0.6) is 0 Å². The Morgan fingerprint density at radius 3 is 1.54 bits per heavy atom. The smallest absolute Gasteiger partial charge is 0.160 e. The fourth-order valence-corrected chi connectivity index (χ4v) is 8.77. The van der Waals surface area contributed by atoms with Gasteiger partial charge in [0.2, 0.25) is 0 Å². The summed E-state index contributed by atoms with van der Waals surface area (Å²) in [5.74, 6) is 0. The Morgan fingerprint density at radius 1 is 0.375 bits per heavy atom. The topological polar surface area (TPSA) is 33.9 Å². The van der Waals surface area contributed by atoms with E-state index in [1.54, 1.807) is 0 Å². The molecule has 1 aliphatic heterocycles. The SMILES string of the molecule is C1=CC(c2cc(-c3ccccc3)cc(-c3ccccc3)c2)NC(n2c3ccccc3c3cc(-c4ccc5c(c4)c4ccccc4n5-c4ccccc4)ccc32)N1. The first-order chi connectivity index (χ1) is 27.8. The third kappa shape index (κ3) is 5.42. The summed E-state index contributed by atoms with van der Waals surface area (Å²) < 4.78 is 4.79. The van der Waals surface area contributed by atoms with Crippen LogP contribution in [0, 0.1) is 0 Å². The van der Waals surface area contributed by atoms with Crippen molar-refractivity contribution in [2.75, 3.05) is 0 Å². The molecule has 4 heteroatoms. The minimum Gasteiger partial charge on any atom is -0.359 e. The first-order valence-corrected chi connectivity index (χ1v) is 19.3. The molecule has 2 N–H and O–H groups in total. The predicted octanol–water partition coefficient (Wildman–Crippen LogP) is 12.8. The van der Waals surface area contributed by atoms with Crippen LogP contribution in [0.1, 0.15) is 17.9 Å². The molecular weight excluding hydrogens is 681 g/mol. The molecule has 0 aliphatic carbocycles. The highest BCUT2D eigenvalue weighted by Gasteiger charge is 2.24. The van der Waals surface area contributed by atoms with E-state index in [2.05, 4.69) is 226 Å². The summed E-state index contributed by atoms with van der Waals surface area (Å²) in [7, 11) is 0. The number of benzene rings is 8. The van der Waals surface area contributed by atoms with E-state index in [1.807, 2.05) is 0 Å². The fourth-order valence-electron chi connectivity index (χ4n) is 8.77. The Kier molecular flexibility index (Phi) is 7.68. The molecule has 56 heavy (non-hydrogen) atoms. The van der Waals surface area contributed by atoms with Crippen LogP contribution in [0.2, 0.25) is 0 Å². The molecule has 2 atom stereocenters. The number of rotatable bonds is 6. The maximum absolute atomic E-state index is 3.98. The van der Waals surface area contributed by atoms with Gasteiger partial charge < -0.3 is 14.5 Å². The molecule has 0 bridgehead atoms. The zero-order valence-electron chi connectivity index (χ0n) is 30.7. The van der Waals surface area contributed by atoms with Gasteiger partial charge in [0, 0.05) is 27.2 Å². The molecule has 0 saturated heterocycles. The van der Waals surface area contributed by atoms with Crippen LogP contribution >= 0.6 is 0 Å². The van der Waals surface area contributed by atoms with E-state index in [9.17, 15) is 0 Å². The van der Waals surface area contributed by atoms with Crippen LogP contribution in [0.25, 0.3) is 82.7 Å². The predicted molar refractivity (Wildman–Crippen MR) is 234 cm³/mol. The normalized spacial score (nSPS) is 15.5. The second-order valence-corrected chi connectivity index (χ2v) is 14.7. The van der Waals surface area contributed by atoms with Gasteiger partial charge in [0.25, 0.3) is 0 Å². The van der Waals surface area contributed by atoms with E-state index in [4.69, 9.17) is 0 Å². The second kappa shape index (κ2) is 13.3. The van der Waals surface area contributed by atoms with Crippen molar-refractivity contribution in [3.63, 3.8) is 0 Å². The third-order valence-corrected chi connectivity index (χ3v) is 11.4. The molecule has 0 saturated carbocycles. The highest BCUT2D eigenvalue weighted by atomic mass is 15.3. The standard InChI is InChI=1S/C52H38N4/c1-4-14-35(15-5-1)39-30-40(36-16-6-2-7-17-36)32-41(31-39)47-28-29-53-52(54-47)56-49-23-13-11-21-44(49)46-34-38(25-27-51(46)56)37-24-26-50-45(33-37)43-20-10-12-22-48(43)55(50)42-18-8-3-9-19-42/h1-34,47,52-54H. The minimum atomic E-state index is -0.167. The van der Waals surface area contributed by atoms with Gasteiger partial charge in [0.05, 0.1) is 28.1 Å². The molecule has 4 nitrogen and oxygen atoms in total. The van der Waals surface area contributed by atoms with Crippen LogP contribution < -0.4 is 10.6 Å². The Balaban J connectivity index is 0.995. The van der Waals surface area contributed by atoms with Gasteiger partial charge in [-0.25, -0.2) is 0 Å². The summed E-state index contributed by atoms with van der Waals surface area (Å²) >= 11 is 0. The van der Waals surface area contributed by atoms with Gasteiger partial charge in [-0.15, -0.1) is 0 Å². The zero-order chi connectivity index (χ0) is 37.0. The number of para-hydroxylation sites is 3. The first-order valence-electron chi connectivity index (χ1n) is 19.3. The maximum Gasteiger partial charge on any atom is 0.160 e. The highest BCUT2D eigenvalue weighted by molar-refractivity contribution is 6.12. The number of nitrogens with zero attached hydrogens (tertiary/aromatic N) is 2. The summed E-state index contributed by atoms with van der Waals surface area (Å²) in [4.78, 5) is 0. The molecule has 11 rings (SSSR count). The van der Waals surface area contributed by atoms with E-state index < -0.39 is 0 Å². The lowest BCUT2D eigenvalue weighted by atomic mass is 9.93. The van der Waals surface area contributed by atoms with Crippen molar-refractivity contribution in [2.24, 2.45) is 0 Å². The molecule has 0 amide bonds. The summed E-state index contributed by atoms with van der Waals surface area (Å²) in [6.45, 7) is 0. The summed E-state index contributed by atoms with van der Waals surface area (Å²) in [6, 6.07) is 70.3. The third-order valence-electron chi connectivity index (χ3n) is 11.4. The largest absolute Gasteiger partial charge is 0.359 e. The minimum absolute atomic E-state index is 0.00685. The quantitative estimate of drug-likeness (QED) is 0.179. The van der Waals surface area contributed by atoms with Gasteiger partial charge in [-0.2, -0.15) is 0 Å². The van der Waals surface area contributed by atoms with E-state index in [1.165, 1.54) is 88.2 Å². The molecule has 2 unspecified atom stereocenters. The lowest BCUT2D eigenvalue weighted by Crippen LogP contribution is -2.40. The first kappa shape index (κ1) is 32.3. The number of nitrogens with one attached hydrogen (secondary N) is 2. The summed E-state index contributed by atoms with van der Waals surface area (Å²) in [5, 5.41) is 12.6. The average Bonchev–Trinajstić information content (AvgIpc) is 3.79. The van der Waals surface area contributed by atoms with Crippen molar-refractivity contribution in [3.05, 3.63) is 212 Å². The van der Waals surface area contributed by atoms with Crippen molar-refractivity contribution in [3.8, 4) is 39.1 Å². The van der Waals surface area contributed by atoms with Crippen LogP contribution in [-0.4, -0.2) is 9.13 Å². The van der Waals surface area contributed by atoms with E-state index in [-0.39, 0.29) is 12.3 Å². The van der Waals surface area contributed by atoms with Gasteiger partial charge in [0.1, 0.15) is 0 Å². The van der Waals surface area contributed by atoms with Crippen molar-refractivity contribution in [1.29, 1.82) is 0 Å². The molecule has 0 spiro atoms. The molecule has 10 aromatic rings. The number of hydrogen-bond donors (Lipinski definition) is 2. The molecule has 2 aromatic heterocycles. The average molecular weight is 719 g/mol. The highest BCUT2D eigenvalue weighted by Crippen LogP contribution is 2.39. The van der Waals surface area contributed by atoms with Gasteiger partial charge in [-0.1, -0.05) is 127 Å². The Labute approximate surface area is 325 Å². The number of fused-ring (bicyclic) bond motifs is 6. The number of aromatic nitrogens is 2. The van der Waals surface area contributed by atoms with Crippen LogP contribution in [0.15, 0.2) is 206 Å². The lowest BCUT2D eigenvalue weighted by Gasteiger charge is -2.31. The number of hydrogen-bond acceptors (Lipinski definition) is 2. The monoisotopic (exact) mass is 718 g/mol. The van der Waals surface area contributed by atoms with Gasteiger partial charge in [-0.3, -0.25) is 5.32 Å². The molecule has 266 valence electrons. The molecule has 1 aliphatic rings. The Morgan fingerprint density at radius 2 is 0.875 bits per heavy atom. The Bertz CT molecular complexity index is 3030.